The highest BCUT2D eigenvalue weighted by Crippen LogP contribution is 2.28. The zero-order valence-electron chi connectivity index (χ0n) is 15.4. The fourth-order valence-electron chi connectivity index (χ4n) is 2.67. The van der Waals surface area contributed by atoms with E-state index in [1.54, 1.807) is 7.05 Å². The van der Waals surface area contributed by atoms with Crippen molar-refractivity contribution in [2.75, 3.05) is 18.9 Å². The Balaban J connectivity index is 1.85. The zero-order chi connectivity index (χ0) is 20.6. The van der Waals surface area contributed by atoms with E-state index in [0.29, 0.717) is 0 Å². The van der Waals surface area contributed by atoms with Gasteiger partial charge in [-0.3, -0.25) is 14.7 Å². The Morgan fingerprint density at radius 2 is 2.11 bits per heavy atom. The Bertz CT molecular complexity index is 1230. The predicted octanol–water partition coefficient (Wildman–Crippen LogP) is 0.968. The highest BCUT2D eigenvalue weighted by molar-refractivity contribution is 7.89. The lowest BCUT2D eigenvalue weighted by Crippen LogP contribution is -2.35. The molecule has 1 amide bonds. The van der Waals surface area contributed by atoms with Crippen molar-refractivity contribution in [1.82, 2.24) is 19.1 Å². The van der Waals surface area contributed by atoms with Crippen LogP contribution in [0.2, 0.25) is 0 Å². The number of halogens is 1. The summed E-state index contributed by atoms with van der Waals surface area (Å²) in [4.78, 5) is 23.7. The number of hydrogen-bond donors (Lipinski definition) is 2. The zero-order valence-corrected chi connectivity index (χ0v) is 16.2. The standard InChI is InChI=1S/C17H18FN5O4S/c1-10-6-13(17-12(16(10)18)8-19-21-17)28(26,27)23(3)9-14(24)20-11-4-5-22(2)15(25)7-11/h4-8H,9H2,1-3H3,(H,19,21)(H,20,24). The molecule has 0 saturated heterocycles. The lowest BCUT2D eigenvalue weighted by atomic mass is 10.2. The topological polar surface area (TPSA) is 117 Å². The molecule has 0 saturated carbocycles. The van der Waals surface area contributed by atoms with Gasteiger partial charge in [0.15, 0.2) is 0 Å². The van der Waals surface area contributed by atoms with Crippen LogP contribution in [-0.2, 0) is 21.9 Å². The highest BCUT2D eigenvalue weighted by Gasteiger charge is 2.27. The quantitative estimate of drug-likeness (QED) is 0.654. The number of aromatic nitrogens is 3. The van der Waals surface area contributed by atoms with Crippen LogP contribution in [0.1, 0.15) is 5.56 Å². The monoisotopic (exact) mass is 407 g/mol. The van der Waals surface area contributed by atoms with Crippen LogP contribution in [-0.4, -0.2) is 47.0 Å². The number of carbonyl (C=O) groups is 1. The number of benzene rings is 1. The Morgan fingerprint density at radius 1 is 1.39 bits per heavy atom. The van der Waals surface area contributed by atoms with Crippen molar-refractivity contribution >= 4 is 32.5 Å². The highest BCUT2D eigenvalue weighted by atomic mass is 32.2. The molecule has 0 fully saturated rings. The van der Waals surface area contributed by atoms with Gasteiger partial charge in [0.1, 0.15) is 10.7 Å². The predicted molar refractivity (Wildman–Crippen MR) is 101 cm³/mol. The number of hydrogen-bond acceptors (Lipinski definition) is 5. The van der Waals surface area contributed by atoms with Crippen molar-refractivity contribution in [3.63, 3.8) is 0 Å². The van der Waals surface area contributed by atoms with E-state index in [4.69, 9.17) is 0 Å². The van der Waals surface area contributed by atoms with Crippen molar-refractivity contribution in [2.24, 2.45) is 7.05 Å². The maximum atomic E-state index is 14.2. The Kier molecular flexibility index (Phi) is 5.04. The van der Waals surface area contributed by atoms with Gasteiger partial charge in [-0.15, -0.1) is 0 Å². The molecule has 3 aromatic rings. The Morgan fingerprint density at radius 3 is 2.79 bits per heavy atom. The van der Waals surface area contributed by atoms with Crippen molar-refractivity contribution in [3.05, 3.63) is 52.3 Å². The fourth-order valence-corrected chi connectivity index (χ4v) is 4.03. The van der Waals surface area contributed by atoms with Crippen LogP contribution in [0.15, 0.2) is 40.3 Å². The number of likely N-dealkylation sites (N-methyl/N-ethyl adjacent to an activating group) is 1. The van der Waals surface area contributed by atoms with Crippen molar-refractivity contribution in [1.29, 1.82) is 0 Å². The third-order valence-corrected chi connectivity index (χ3v) is 6.09. The molecular formula is C17H18FN5O4S. The van der Waals surface area contributed by atoms with Crippen molar-refractivity contribution < 1.29 is 17.6 Å². The molecule has 148 valence electrons. The summed E-state index contributed by atoms with van der Waals surface area (Å²) in [5, 5.41) is 8.73. The van der Waals surface area contributed by atoms with Gasteiger partial charge in [-0.2, -0.15) is 9.40 Å². The first-order chi connectivity index (χ1) is 13.1. The molecule has 28 heavy (non-hydrogen) atoms. The second kappa shape index (κ2) is 7.17. The molecule has 0 bridgehead atoms. The second-order valence-electron chi connectivity index (χ2n) is 6.34. The Labute approximate surface area is 159 Å². The first kappa shape index (κ1) is 19.7. The molecule has 0 spiro atoms. The number of amides is 1. The van der Waals surface area contributed by atoms with Gasteiger partial charge in [0.2, 0.25) is 15.9 Å². The number of pyridine rings is 1. The summed E-state index contributed by atoms with van der Waals surface area (Å²) in [7, 11) is -1.31. The minimum Gasteiger partial charge on any atom is -0.325 e. The van der Waals surface area contributed by atoms with Crippen LogP contribution in [0.3, 0.4) is 0 Å². The van der Waals surface area contributed by atoms with E-state index in [2.05, 4.69) is 15.5 Å². The van der Waals surface area contributed by atoms with Gasteiger partial charge in [-0.1, -0.05) is 0 Å². The van der Waals surface area contributed by atoms with E-state index in [1.807, 2.05) is 0 Å². The summed E-state index contributed by atoms with van der Waals surface area (Å²) >= 11 is 0. The molecule has 0 atom stereocenters. The van der Waals surface area contributed by atoms with Gasteiger partial charge >= 0.3 is 0 Å². The number of rotatable bonds is 5. The Hall–Kier alpha value is -3.05. The van der Waals surface area contributed by atoms with E-state index in [0.717, 1.165) is 4.31 Å². The van der Waals surface area contributed by atoms with Gasteiger partial charge < -0.3 is 9.88 Å². The minimum atomic E-state index is -4.11. The molecule has 0 aliphatic heterocycles. The summed E-state index contributed by atoms with van der Waals surface area (Å²) in [6, 6.07) is 3.94. The van der Waals surface area contributed by atoms with E-state index in [-0.39, 0.29) is 32.6 Å². The summed E-state index contributed by atoms with van der Waals surface area (Å²) in [6.45, 7) is 0.951. The maximum Gasteiger partial charge on any atom is 0.252 e. The molecular weight excluding hydrogens is 389 g/mol. The molecule has 11 heteroatoms. The lowest BCUT2D eigenvalue weighted by Gasteiger charge is -2.18. The van der Waals surface area contributed by atoms with Gasteiger partial charge in [-0.25, -0.2) is 12.8 Å². The average molecular weight is 407 g/mol. The van der Waals surface area contributed by atoms with Crippen LogP contribution in [0.25, 0.3) is 10.9 Å². The van der Waals surface area contributed by atoms with E-state index in [1.165, 1.54) is 49.1 Å². The van der Waals surface area contributed by atoms with Crippen LogP contribution in [0, 0.1) is 12.7 Å². The number of sulfonamides is 1. The number of nitrogens with one attached hydrogen (secondary N) is 2. The first-order valence-electron chi connectivity index (χ1n) is 8.16. The number of fused-ring (bicyclic) bond motifs is 1. The lowest BCUT2D eigenvalue weighted by molar-refractivity contribution is -0.116. The number of aromatic amines is 1. The van der Waals surface area contributed by atoms with Gasteiger partial charge in [0.25, 0.3) is 5.56 Å². The average Bonchev–Trinajstić information content (AvgIpc) is 3.11. The molecule has 1 aromatic carbocycles. The molecule has 0 aliphatic rings. The summed E-state index contributed by atoms with van der Waals surface area (Å²) in [5.41, 5.74) is 0.113. The largest absolute Gasteiger partial charge is 0.325 e. The molecule has 0 radical (unpaired) electrons. The number of aryl methyl sites for hydroxylation is 2. The number of H-pyrrole nitrogens is 1. The summed E-state index contributed by atoms with van der Waals surface area (Å²) in [5.74, 6) is -1.19. The van der Waals surface area contributed by atoms with E-state index in [9.17, 15) is 22.4 Å². The van der Waals surface area contributed by atoms with E-state index >= 15 is 0 Å². The van der Waals surface area contributed by atoms with Crippen LogP contribution < -0.4 is 10.9 Å². The fraction of sp³-hybridized carbons (Fsp3) is 0.235. The molecule has 0 unspecified atom stereocenters. The maximum absolute atomic E-state index is 14.2. The van der Waals surface area contributed by atoms with Crippen LogP contribution >= 0.6 is 0 Å². The number of nitrogens with zero attached hydrogens (tertiary/aromatic N) is 3. The number of carbonyl (C=O) groups excluding carboxylic acids is 1. The minimum absolute atomic E-state index is 0.0296. The smallest absolute Gasteiger partial charge is 0.252 e. The van der Waals surface area contributed by atoms with E-state index < -0.39 is 28.3 Å². The summed E-state index contributed by atoms with van der Waals surface area (Å²) < 4.78 is 42.2. The van der Waals surface area contributed by atoms with Gasteiger partial charge in [0.05, 0.1) is 23.6 Å². The second-order valence-corrected chi connectivity index (χ2v) is 8.35. The molecule has 0 aliphatic carbocycles. The molecule has 9 nitrogen and oxygen atoms in total. The van der Waals surface area contributed by atoms with Crippen molar-refractivity contribution in [3.8, 4) is 0 Å². The number of anilines is 1. The normalized spacial score (nSPS) is 11.9. The van der Waals surface area contributed by atoms with Crippen LogP contribution in [0.4, 0.5) is 10.1 Å². The molecule has 2 N–H and O–H groups in total. The summed E-state index contributed by atoms with van der Waals surface area (Å²) in [6.07, 6.45) is 2.69. The SMILES string of the molecule is Cc1cc(S(=O)(=O)N(C)CC(=O)Nc2ccn(C)c(=O)c2)c2[nH]ncc2c1F. The molecule has 2 aromatic heterocycles. The third-order valence-electron chi connectivity index (χ3n) is 4.26. The van der Waals surface area contributed by atoms with Gasteiger partial charge in [-0.05, 0) is 24.6 Å². The molecule has 2 heterocycles. The molecule has 3 rings (SSSR count). The first-order valence-corrected chi connectivity index (χ1v) is 9.60. The van der Waals surface area contributed by atoms with Crippen LogP contribution in [0.5, 0.6) is 0 Å². The van der Waals surface area contributed by atoms with Gasteiger partial charge in [0, 0.05) is 32.0 Å². The van der Waals surface area contributed by atoms with Crippen molar-refractivity contribution in [2.45, 2.75) is 11.8 Å². The third kappa shape index (κ3) is 3.53.